The van der Waals surface area contributed by atoms with Gasteiger partial charge in [0.15, 0.2) is 0 Å². The molecule has 0 fully saturated rings. The second kappa shape index (κ2) is 12.7. The van der Waals surface area contributed by atoms with Crippen molar-refractivity contribution in [3.8, 4) is 39.7 Å². The van der Waals surface area contributed by atoms with Crippen LogP contribution in [-0.4, -0.2) is 19.1 Å². The predicted octanol–water partition coefficient (Wildman–Crippen LogP) is 11.6. The molecule has 0 spiro atoms. The molecule has 5 nitrogen and oxygen atoms in total. The topological polar surface area (TPSA) is 49.7 Å². The van der Waals surface area contributed by atoms with Gasteiger partial charge in [0.05, 0.1) is 22.5 Å². The van der Waals surface area contributed by atoms with Crippen LogP contribution in [0.25, 0.3) is 83.5 Å². The molecule has 9 rings (SSSR count). The molecule has 0 radical (unpaired) electrons. The van der Waals surface area contributed by atoms with E-state index in [-0.39, 0.29) is 31.9 Å². The summed E-state index contributed by atoms with van der Waals surface area (Å²) in [5.41, 5.74) is 11.2. The molecule has 0 saturated carbocycles. The fourth-order valence-corrected chi connectivity index (χ4v) is 7.47. The summed E-state index contributed by atoms with van der Waals surface area (Å²) in [6, 6.07) is 46.8. The molecule has 0 aliphatic heterocycles. The number of hydrogen-bond donors (Lipinski definition) is 0. The van der Waals surface area contributed by atoms with Crippen LogP contribution in [0.3, 0.4) is 0 Å². The summed E-state index contributed by atoms with van der Waals surface area (Å²) in [4.78, 5) is 16.0. The van der Waals surface area contributed by atoms with Crippen molar-refractivity contribution in [3.63, 3.8) is 0 Å². The molecule has 0 N–H and O–H groups in total. The van der Waals surface area contributed by atoms with Gasteiger partial charge in [0, 0.05) is 18.1 Å². The van der Waals surface area contributed by atoms with Gasteiger partial charge < -0.3 is 14.1 Å². The number of aromatic nitrogens is 5. The van der Waals surface area contributed by atoms with E-state index in [1.54, 1.807) is 0 Å². The van der Waals surface area contributed by atoms with Gasteiger partial charge in [-0.2, -0.15) is 0 Å². The molecule has 0 atom stereocenters. The fraction of sp³-hybridized carbons (Fsp3) is 0.191. The van der Waals surface area contributed by atoms with Crippen molar-refractivity contribution in [1.82, 2.24) is 24.1 Å². The minimum absolute atomic E-state index is 0. The smallest absolute Gasteiger partial charge is 0.434 e. The maximum Gasteiger partial charge on any atom is 2.00 e. The molecule has 9 aromatic rings. The van der Waals surface area contributed by atoms with E-state index in [1.807, 2.05) is 12.1 Å². The summed E-state index contributed by atoms with van der Waals surface area (Å²) in [5.74, 6) is 1.77. The Balaban J connectivity index is 0.00000400. The zero-order valence-corrected chi connectivity index (χ0v) is 33.4. The van der Waals surface area contributed by atoms with Gasteiger partial charge in [-0.05, 0) is 67.3 Å². The SMILES string of the molecule is Cn1c(-c2[c-]c(-c3ccc4c5cc(C(C)(C)C)ccc5n(-c5[n-]c(-c6ccccc6)c6ccccc56)c4n3)cc(C(C)(C)C)c2)nc2ccccc21.[Pt+2]. The standard InChI is InChI=1S/C47H41N5.Pt/c1-46(2,3)32-21-24-40-37(28-32)36-22-23-38(30-25-31(27-33(26-30)47(4,5)6)43-49-39-19-13-14-20-41(39)51(43)7)48-44(36)52(40)45-35-18-12-11-17-34(35)42(50-45)29-15-9-8-10-16-29;/h8-24,26-28H,1-7H3;/q-2;+2. The van der Waals surface area contributed by atoms with E-state index >= 15 is 0 Å². The number of fused-ring (bicyclic) bond motifs is 5. The molecule has 0 saturated heterocycles. The largest absolute Gasteiger partial charge is 2.00 e. The fourth-order valence-electron chi connectivity index (χ4n) is 7.47. The second-order valence-electron chi connectivity index (χ2n) is 16.0. The van der Waals surface area contributed by atoms with Crippen LogP contribution in [0.5, 0.6) is 0 Å². The Kier molecular flexibility index (Phi) is 8.35. The van der Waals surface area contributed by atoms with Crippen molar-refractivity contribution >= 4 is 43.7 Å². The number of imidazole rings is 1. The monoisotopic (exact) mass is 870 g/mol. The van der Waals surface area contributed by atoms with Crippen LogP contribution in [0.15, 0.2) is 121 Å². The molecule has 0 aliphatic carbocycles. The molecule has 0 aliphatic rings. The molecule has 53 heavy (non-hydrogen) atoms. The van der Waals surface area contributed by atoms with Crippen LogP contribution in [-0.2, 0) is 38.9 Å². The van der Waals surface area contributed by atoms with Gasteiger partial charge in [0.1, 0.15) is 0 Å². The molecule has 4 heterocycles. The Morgan fingerprint density at radius 3 is 2.00 bits per heavy atom. The Bertz CT molecular complexity index is 2820. The molecule has 5 aromatic carbocycles. The molecule has 264 valence electrons. The number of rotatable bonds is 4. The van der Waals surface area contributed by atoms with Crippen LogP contribution in [0.2, 0.25) is 0 Å². The zero-order valence-electron chi connectivity index (χ0n) is 31.1. The minimum Gasteiger partial charge on any atom is -0.434 e. The second-order valence-corrected chi connectivity index (χ2v) is 16.0. The first-order valence-corrected chi connectivity index (χ1v) is 18.0. The molecule has 0 unspecified atom stereocenters. The molecule has 0 amide bonds. The van der Waals surface area contributed by atoms with Crippen LogP contribution >= 0.6 is 0 Å². The molecular weight excluding hydrogens is 830 g/mol. The van der Waals surface area contributed by atoms with Crippen LogP contribution in [0.4, 0.5) is 0 Å². The number of aryl methyl sites for hydroxylation is 1. The van der Waals surface area contributed by atoms with Crippen molar-refractivity contribution in [1.29, 1.82) is 0 Å². The first-order valence-electron chi connectivity index (χ1n) is 18.0. The zero-order chi connectivity index (χ0) is 35.9. The molecule has 6 heteroatoms. The average molecular weight is 871 g/mol. The van der Waals surface area contributed by atoms with Crippen molar-refractivity contribution in [2.75, 3.05) is 0 Å². The average Bonchev–Trinajstić information content (AvgIpc) is 3.80. The van der Waals surface area contributed by atoms with Crippen molar-refractivity contribution in [3.05, 3.63) is 139 Å². The maximum atomic E-state index is 5.53. The number of pyridine rings is 1. The van der Waals surface area contributed by atoms with Gasteiger partial charge in [-0.15, -0.1) is 23.8 Å². The number of nitrogens with zero attached hydrogens (tertiary/aromatic N) is 5. The van der Waals surface area contributed by atoms with E-state index < -0.39 is 0 Å². The van der Waals surface area contributed by atoms with Gasteiger partial charge in [0.2, 0.25) is 0 Å². The summed E-state index contributed by atoms with van der Waals surface area (Å²) >= 11 is 0. The Morgan fingerprint density at radius 2 is 1.26 bits per heavy atom. The summed E-state index contributed by atoms with van der Waals surface area (Å²) in [5, 5.41) is 4.49. The first kappa shape index (κ1) is 34.8. The van der Waals surface area contributed by atoms with Crippen LogP contribution < -0.4 is 4.98 Å². The number of para-hydroxylation sites is 2. The summed E-state index contributed by atoms with van der Waals surface area (Å²) < 4.78 is 4.44. The van der Waals surface area contributed by atoms with E-state index in [4.69, 9.17) is 15.0 Å². The van der Waals surface area contributed by atoms with Gasteiger partial charge in [-0.25, -0.2) is 0 Å². The maximum absolute atomic E-state index is 5.53. The van der Waals surface area contributed by atoms with Gasteiger partial charge >= 0.3 is 21.1 Å². The van der Waals surface area contributed by atoms with Crippen LogP contribution in [0, 0.1) is 6.07 Å². The number of hydrogen-bond acceptors (Lipinski definition) is 2. The predicted molar refractivity (Wildman–Crippen MR) is 216 cm³/mol. The van der Waals surface area contributed by atoms with Crippen molar-refractivity contribution < 1.29 is 21.1 Å². The van der Waals surface area contributed by atoms with E-state index in [0.29, 0.717) is 0 Å². The van der Waals surface area contributed by atoms with Gasteiger partial charge in [-0.3, -0.25) is 9.97 Å². The van der Waals surface area contributed by atoms with Gasteiger partial charge in [-0.1, -0.05) is 150 Å². The summed E-state index contributed by atoms with van der Waals surface area (Å²) in [6.45, 7) is 13.6. The third kappa shape index (κ3) is 5.83. The molecule has 4 aromatic heterocycles. The Hall–Kier alpha value is -5.25. The van der Waals surface area contributed by atoms with Crippen molar-refractivity contribution in [2.24, 2.45) is 7.05 Å². The van der Waals surface area contributed by atoms with E-state index in [9.17, 15) is 0 Å². The van der Waals surface area contributed by atoms with Crippen molar-refractivity contribution in [2.45, 2.75) is 52.4 Å². The molecular formula is C47H41N5Pt. The van der Waals surface area contributed by atoms with E-state index in [2.05, 4.69) is 173 Å². The summed E-state index contributed by atoms with van der Waals surface area (Å²) in [6.07, 6.45) is 0. The summed E-state index contributed by atoms with van der Waals surface area (Å²) in [7, 11) is 2.08. The van der Waals surface area contributed by atoms with E-state index in [0.717, 1.165) is 78.1 Å². The third-order valence-corrected chi connectivity index (χ3v) is 10.4. The first-order chi connectivity index (χ1) is 25.0. The normalized spacial score (nSPS) is 12.3. The Labute approximate surface area is 325 Å². The van der Waals surface area contributed by atoms with Crippen LogP contribution in [0.1, 0.15) is 52.7 Å². The third-order valence-electron chi connectivity index (χ3n) is 10.4. The van der Waals surface area contributed by atoms with Gasteiger partial charge in [0.25, 0.3) is 0 Å². The number of benzene rings is 5. The minimum atomic E-state index is -0.0997. The molecule has 0 bridgehead atoms. The Morgan fingerprint density at radius 1 is 0.585 bits per heavy atom. The van der Waals surface area contributed by atoms with E-state index in [1.165, 1.54) is 16.5 Å². The quantitative estimate of drug-likeness (QED) is 0.166.